The first-order chi connectivity index (χ1) is 42.2. The number of carbonyl (C=O) groups is 4. The molecule has 0 saturated carbocycles. The van der Waals surface area contributed by atoms with E-state index in [1.54, 1.807) is 12.1 Å². The van der Waals surface area contributed by atoms with Gasteiger partial charge < -0.3 is 64.6 Å². The minimum atomic E-state index is -0.643. The van der Waals surface area contributed by atoms with Crippen LogP contribution in [0.1, 0.15) is 57.3 Å². The molecule has 87 heavy (non-hydrogen) atoms. The number of amides is 4. The molecule has 468 valence electrons. The minimum Gasteiger partial charge on any atom is -0.383 e. The van der Waals surface area contributed by atoms with Crippen LogP contribution in [-0.4, -0.2) is 193 Å². The average molecular weight is 1230 g/mol. The summed E-state index contributed by atoms with van der Waals surface area (Å²) in [5.41, 5.74) is 5.34. The zero-order chi connectivity index (χ0) is 61.3. The number of ether oxygens (including phenoxy) is 7. The summed E-state index contributed by atoms with van der Waals surface area (Å²) in [5.74, 6) is -2.33. The highest BCUT2D eigenvalue weighted by molar-refractivity contribution is 7.19. The van der Waals surface area contributed by atoms with Crippen LogP contribution in [0.4, 0.5) is 47.5 Å². The minimum absolute atomic E-state index is 0.0747. The van der Waals surface area contributed by atoms with Crippen LogP contribution in [0.3, 0.4) is 0 Å². The van der Waals surface area contributed by atoms with E-state index >= 15 is 0 Å². The maximum absolute atomic E-state index is 14.0. The number of carbonyl (C=O) groups excluding carboxylic acids is 4. The number of aryl methyl sites for hydroxylation is 1. The van der Waals surface area contributed by atoms with Crippen molar-refractivity contribution in [3.05, 3.63) is 122 Å². The third kappa shape index (κ3) is 21.0. The smallest absolute Gasteiger partial charge is 0.348 e. The Labute approximate surface area is 505 Å². The number of halogens is 2. The van der Waals surface area contributed by atoms with E-state index < -0.39 is 22.5 Å². The van der Waals surface area contributed by atoms with Crippen LogP contribution >= 0.6 is 11.3 Å². The van der Waals surface area contributed by atoms with Crippen LogP contribution in [-0.2, 0) is 49.2 Å². The average Bonchev–Trinajstić information content (AvgIpc) is 2.77. The Morgan fingerprint density at radius 2 is 1.32 bits per heavy atom. The van der Waals surface area contributed by atoms with Crippen molar-refractivity contribution in [2.24, 2.45) is 0 Å². The lowest BCUT2D eigenvalue weighted by atomic mass is 10.0. The summed E-state index contributed by atoms with van der Waals surface area (Å²) in [6.45, 7) is 12.5. The third-order valence-corrected chi connectivity index (χ3v) is 14.9. The molecule has 2 aliphatic rings. The number of H-pyrrole nitrogens is 1. The second-order valence-electron chi connectivity index (χ2n) is 20.4. The Hall–Kier alpha value is -7.80. The molecule has 4 heterocycles. The Kier molecular flexibility index (Phi) is 25.4. The highest BCUT2D eigenvalue weighted by atomic mass is 32.1. The summed E-state index contributed by atoms with van der Waals surface area (Å²) in [4.78, 5) is 70.7. The van der Waals surface area contributed by atoms with E-state index in [0.717, 1.165) is 41.5 Å². The largest absolute Gasteiger partial charge is 0.383 e. The highest BCUT2D eigenvalue weighted by Crippen LogP contribution is 2.32. The number of anilines is 6. The van der Waals surface area contributed by atoms with Crippen molar-refractivity contribution in [2.75, 3.05) is 170 Å². The summed E-state index contributed by atoms with van der Waals surface area (Å²) >= 11 is 0.749. The first-order valence-corrected chi connectivity index (χ1v) is 29.6. The molecule has 0 bridgehead atoms. The molecule has 4 amide bonds. The fourth-order valence-electron chi connectivity index (χ4n) is 9.57. The molecular formula is C59H74F2N12O13S. The number of piperazine rings is 1. The molecule has 25 nitrogen and oxygen atoms in total. The molecule has 4 aromatic carbocycles. The monoisotopic (exact) mass is 1230 g/mol. The van der Waals surface area contributed by atoms with Gasteiger partial charge in [-0.3, -0.25) is 44.6 Å². The SMILES string of the molecule is CC(=O)Nc1cc(NCCOCCOCCOCCOCCOCCOCCNC(=O)CN2CCN(c3ccc(C(=O)Nc4n[nH]c5ccc(Cc6cc(F)cc(F)c6)cc45)c(NC4CCOCC4)c3)CC2)ccc1C(=O)Nc1nc(C)c([N+](=O)[O-])s1. The predicted octanol–water partition coefficient (Wildman–Crippen LogP) is 6.61. The Morgan fingerprint density at radius 3 is 1.95 bits per heavy atom. The Balaban J connectivity index is 0.619. The molecule has 0 atom stereocenters. The lowest BCUT2D eigenvalue weighted by molar-refractivity contribution is -0.380. The van der Waals surface area contributed by atoms with Crippen LogP contribution in [0.2, 0.25) is 0 Å². The molecule has 2 aromatic heterocycles. The van der Waals surface area contributed by atoms with E-state index in [0.29, 0.717) is 177 Å². The first kappa shape index (κ1) is 65.2. The molecule has 2 aliphatic heterocycles. The third-order valence-electron chi connectivity index (χ3n) is 13.9. The zero-order valence-electron chi connectivity index (χ0n) is 48.7. The second kappa shape index (κ2) is 33.9. The fourth-order valence-corrected chi connectivity index (χ4v) is 10.4. The lowest BCUT2D eigenvalue weighted by Gasteiger charge is -2.36. The molecule has 0 unspecified atom stereocenters. The van der Waals surface area contributed by atoms with Gasteiger partial charge in [-0.2, -0.15) is 5.10 Å². The van der Waals surface area contributed by atoms with Gasteiger partial charge in [-0.15, -0.1) is 0 Å². The van der Waals surface area contributed by atoms with Crippen molar-refractivity contribution in [3.8, 4) is 0 Å². The van der Waals surface area contributed by atoms with Crippen molar-refractivity contribution in [1.82, 2.24) is 25.4 Å². The van der Waals surface area contributed by atoms with Crippen molar-refractivity contribution < 1.29 is 66.0 Å². The predicted molar refractivity (Wildman–Crippen MR) is 324 cm³/mol. The number of aromatic nitrogens is 3. The fraction of sp³-hybridized carbons (Fsp3) is 0.458. The molecule has 2 saturated heterocycles. The summed E-state index contributed by atoms with van der Waals surface area (Å²) in [6, 6.07) is 19.7. The van der Waals surface area contributed by atoms with Gasteiger partial charge in [0.2, 0.25) is 11.8 Å². The van der Waals surface area contributed by atoms with Crippen LogP contribution in [0.5, 0.6) is 0 Å². The van der Waals surface area contributed by atoms with E-state index in [4.69, 9.17) is 33.2 Å². The highest BCUT2D eigenvalue weighted by Gasteiger charge is 2.25. The topological polar surface area (TPSA) is 296 Å². The molecule has 0 spiro atoms. The van der Waals surface area contributed by atoms with Crippen molar-refractivity contribution >= 4 is 84.6 Å². The van der Waals surface area contributed by atoms with E-state index in [1.165, 1.54) is 32.0 Å². The maximum atomic E-state index is 14.0. The number of rotatable bonds is 35. The van der Waals surface area contributed by atoms with Gasteiger partial charge in [0.1, 0.15) is 17.3 Å². The van der Waals surface area contributed by atoms with Gasteiger partial charge in [0.15, 0.2) is 10.9 Å². The first-order valence-electron chi connectivity index (χ1n) is 28.8. The van der Waals surface area contributed by atoms with Gasteiger partial charge in [0, 0.05) is 94.0 Å². The van der Waals surface area contributed by atoms with Crippen molar-refractivity contribution in [1.29, 1.82) is 0 Å². The van der Waals surface area contributed by atoms with Gasteiger partial charge in [0.25, 0.3) is 11.8 Å². The number of nitrogens with one attached hydrogen (secondary N) is 7. The number of hydrogen-bond acceptors (Lipinski definition) is 20. The molecule has 0 radical (unpaired) electrons. The standard InChI is InChI=1S/C59H74F2N12O13S/c1-39-58(73(78)79)87-59(64-39)68-57(77)48-6-4-46(36-52(48)65-40(2)74)62-11-19-81-21-23-83-25-27-85-29-30-86-28-26-84-24-22-82-20-12-63-54(75)38-71-13-15-72(16-14-71)47-5-7-49(53(37-47)66-45-9-17-80-18-10-45)56(76)67-55-50-34-41(3-8-51(50)69-70-55)31-42-32-43(60)35-44(61)33-42/h3-8,32-37,45,62,66H,9-31,38H2,1-2H3,(H,63,75)(H,65,74)(H,64,68,77)(H2,67,69,70,76). The number of benzene rings is 4. The van der Waals surface area contributed by atoms with Gasteiger partial charge in [-0.25, -0.2) is 13.8 Å². The Morgan fingerprint density at radius 1 is 0.713 bits per heavy atom. The Bertz CT molecular complexity index is 3230. The quantitative estimate of drug-likeness (QED) is 0.0125. The lowest BCUT2D eigenvalue weighted by Crippen LogP contribution is -2.49. The van der Waals surface area contributed by atoms with E-state index in [2.05, 4.69) is 56.9 Å². The number of fused-ring (bicyclic) bond motifs is 1. The summed E-state index contributed by atoms with van der Waals surface area (Å²) < 4.78 is 67.0. The van der Waals surface area contributed by atoms with Gasteiger partial charge >= 0.3 is 5.00 Å². The number of aromatic amines is 1. The van der Waals surface area contributed by atoms with E-state index in [9.17, 15) is 38.1 Å². The van der Waals surface area contributed by atoms with Gasteiger partial charge in [-0.05, 0) is 109 Å². The van der Waals surface area contributed by atoms with E-state index in [1.807, 2.05) is 36.4 Å². The van der Waals surface area contributed by atoms with Crippen LogP contribution < -0.4 is 36.8 Å². The second-order valence-corrected chi connectivity index (χ2v) is 21.4. The molecule has 8 rings (SSSR count). The van der Waals surface area contributed by atoms with Gasteiger partial charge in [0.05, 0.1) is 113 Å². The van der Waals surface area contributed by atoms with E-state index in [-0.39, 0.29) is 57.4 Å². The number of nitro groups is 1. The molecule has 7 N–H and O–H groups in total. The molecule has 6 aromatic rings. The summed E-state index contributed by atoms with van der Waals surface area (Å²) in [5, 5.41) is 37.0. The molecule has 28 heteroatoms. The molecule has 0 aliphatic carbocycles. The summed E-state index contributed by atoms with van der Waals surface area (Å²) in [7, 11) is 0. The number of hydrogen-bond donors (Lipinski definition) is 7. The number of nitrogens with zero attached hydrogens (tertiary/aromatic N) is 5. The van der Waals surface area contributed by atoms with Gasteiger partial charge in [-0.1, -0.05) is 6.07 Å². The summed E-state index contributed by atoms with van der Waals surface area (Å²) in [6.07, 6.45) is 1.89. The number of thiazole rings is 1. The van der Waals surface area contributed by atoms with Crippen molar-refractivity contribution in [2.45, 2.75) is 39.2 Å². The van der Waals surface area contributed by atoms with Crippen LogP contribution in [0.15, 0.2) is 72.8 Å². The zero-order valence-corrected chi connectivity index (χ0v) is 49.5. The maximum Gasteiger partial charge on any atom is 0.348 e. The van der Waals surface area contributed by atoms with Crippen LogP contribution in [0, 0.1) is 28.7 Å². The van der Waals surface area contributed by atoms with Crippen LogP contribution in [0.25, 0.3) is 10.9 Å². The van der Waals surface area contributed by atoms with Crippen molar-refractivity contribution in [3.63, 3.8) is 0 Å². The molecule has 2 fully saturated rings. The normalized spacial score (nSPS) is 13.8. The molecular weight excluding hydrogens is 1150 g/mol.